The van der Waals surface area contributed by atoms with Crippen molar-refractivity contribution >= 4 is 17.2 Å². The third kappa shape index (κ3) is 3.91. The zero-order valence-electron chi connectivity index (χ0n) is 15.2. The van der Waals surface area contributed by atoms with Crippen molar-refractivity contribution in [2.24, 2.45) is 5.92 Å². The summed E-state index contributed by atoms with van der Waals surface area (Å²) in [5.41, 5.74) is 2.30. The first-order valence-corrected chi connectivity index (χ1v) is 10.2. The van der Waals surface area contributed by atoms with Crippen LogP contribution in [0.15, 0.2) is 29.6 Å². The van der Waals surface area contributed by atoms with Gasteiger partial charge in [-0.2, -0.15) is 0 Å². The number of aromatic nitrogens is 1. The van der Waals surface area contributed by atoms with Gasteiger partial charge < -0.3 is 9.64 Å². The third-order valence-corrected chi connectivity index (χ3v) is 6.07. The number of carbonyl (C=O) groups is 1. The number of fused-ring (bicyclic) bond motifs is 1. The Labute approximate surface area is 158 Å². The van der Waals surface area contributed by atoms with Crippen LogP contribution in [0.25, 0.3) is 0 Å². The van der Waals surface area contributed by atoms with Crippen LogP contribution in [0.5, 0.6) is 5.75 Å². The van der Waals surface area contributed by atoms with E-state index in [1.165, 1.54) is 0 Å². The van der Waals surface area contributed by atoms with E-state index in [2.05, 4.69) is 21.3 Å². The molecule has 0 spiro atoms. The molecule has 0 radical (unpaired) electrons. The number of hydrogen-bond donors (Lipinski definition) is 0. The number of ether oxygens (including phenoxy) is 1. The van der Waals surface area contributed by atoms with E-state index in [-0.39, 0.29) is 11.8 Å². The maximum absolute atomic E-state index is 13.0. The number of amides is 1. The van der Waals surface area contributed by atoms with E-state index in [1.54, 1.807) is 11.3 Å². The maximum atomic E-state index is 13.0. The number of thiazole rings is 1. The lowest BCUT2D eigenvalue weighted by Gasteiger charge is -2.36. The van der Waals surface area contributed by atoms with Gasteiger partial charge in [0.1, 0.15) is 5.75 Å². The molecule has 2 aliphatic rings. The van der Waals surface area contributed by atoms with Crippen LogP contribution in [-0.4, -0.2) is 53.5 Å². The van der Waals surface area contributed by atoms with E-state index in [0.29, 0.717) is 6.61 Å². The summed E-state index contributed by atoms with van der Waals surface area (Å²) < 4.78 is 5.82. The molecule has 0 aliphatic carbocycles. The number of aryl methyl sites for hydroxylation is 1. The lowest BCUT2D eigenvalue weighted by atomic mass is 9.95. The molecule has 5 nitrogen and oxygen atoms in total. The molecule has 0 N–H and O–H groups in total. The second kappa shape index (κ2) is 7.76. The van der Waals surface area contributed by atoms with Gasteiger partial charge in [-0.25, -0.2) is 4.98 Å². The monoisotopic (exact) mass is 371 g/mol. The number of para-hydroxylation sites is 1. The molecule has 0 unspecified atom stereocenters. The highest BCUT2D eigenvalue weighted by Gasteiger charge is 2.29. The molecule has 6 heteroatoms. The maximum Gasteiger partial charge on any atom is 0.226 e. The fourth-order valence-corrected chi connectivity index (χ4v) is 4.40. The summed E-state index contributed by atoms with van der Waals surface area (Å²) >= 11 is 1.70. The highest BCUT2D eigenvalue weighted by molar-refractivity contribution is 7.09. The fraction of sp³-hybridized carbons (Fsp3) is 0.500. The van der Waals surface area contributed by atoms with Crippen LogP contribution in [0.2, 0.25) is 0 Å². The number of benzene rings is 1. The Morgan fingerprint density at radius 3 is 2.85 bits per heavy atom. The molecule has 1 fully saturated rings. The minimum Gasteiger partial charge on any atom is -0.493 e. The van der Waals surface area contributed by atoms with Gasteiger partial charge in [0.25, 0.3) is 0 Å². The van der Waals surface area contributed by atoms with Crippen molar-refractivity contribution < 1.29 is 9.53 Å². The van der Waals surface area contributed by atoms with Crippen LogP contribution in [0.4, 0.5) is 0 Å². The topological polar surface area (TPSA) is 45.7 Å². The van der Waals surface area contributed by atoms with Crippen molar-refractivity contribution in [1.29, 1.82) is 0 Å². The van der Waals surface area contributed by atoms with Gasteiger partial charge in [-0.1, -0.05) is 18.2 Å². The van der Waals surface area contributed by atoms with E-state index in [4.69, 9.17) is 4.74 Å². The van der Waals surface area contributed by atoms with E-state index >= 15 is 0 Å². The standard InChI is InChI=1S/C20H25N3O2S/c1-15-21-18(14-26-15)13-22-7-9-23(10-8-22)20(24)17-6-11-25-19-5-3-2-4-16(19)12-17/h2-5,14,17H,6-13H2,1H3/t17-/m1/s1. The normalized spacial score (nSPS) is 21.0. The molecule has 4 rings (SSSR count). The largest absolute Gasteiger partial charge is 0.493 e. The van der Waals surface area contributed by atoms with Gasteiger partial charge in [0, 0.05) is 44.0 Å². The van der Waals surface area contributed by atoms with Gasteiger partial charge in [0.05, 0.1) is 17.3 Å². The van der Waals surface area contributed by atoms with Gasteiger partial charge in [0.15, 0.2) is 0 Å². The molecule has 0 bridgehead atoms. The van der Waals surface area contributed by atoms with Crippen molar-refractivity contribution in [2.75, 3.05) is 32.8 Å². The summed E-state index contributed by atoms with van der Waals surface area (Å²) in [4.78, 5) is 22.0. The van der Waals surface area contributed by atoms with Crippen LogP contribution in [0.1, 0.15) is 22.7 Å². The molecule has 2 aliphatic heterocycles. The van der Waals surface area contributed by atoms with Crippen molar-refractivity contribution in [1.82, 2.24) is 14.8 Å². The van der Waals surface area contributed by atoms with Crippen molar-refractivity contribution in [3.63, 3.8) is 0 Å². The Hall–Kier alpha value is -1.92. The minimum atomic E-state index is 0.0337. The van der Waals surface area contributed by atoms with E-state index in [1.807, 2.05) is 30.0 Å². The summed E-state index contributed by atoms with van der Waals surface area (Å²) in [5, 5.41) is 3.25. The molecule has 1 atom stereocenters. The Balaban J connectivity index is 1.33. The summed E-state index contributed by atoms with van der Waals surface area (Å²) in [5.74, 6) is 1.26. The number of rotatable bonds is 3. The molecule has 1 aromatic carbocycles. The second-order valence-corrected chi connectivity index (χ2v) is 8.17. The Kier molecular flexibility index (Phi) is 5.22. The quantitative estimate of drug-likeness (QED) is 0.832. The van der Waals surface area contributed by atoms with Gasteiger partial charge in [0.2, 0.25) is 5.91 Å². The average molecular weight is 372 g/mol. The Bertz CT molecular complexity index is 768. The van der Waals surface area contributed by atoms with Crippen molar-refractivity contribution in [2.45, 2.75) is 26.3 Å². The first-order chi connectivity index (χ1) is 12.7. The fourth-order valence-electron chi connectivity index (χ4n) is 3.80. The van der Waals surface area contributed by atoms with Crippen molar-refractivity contribution in [3.05, 3.63) is 45.9 Å². The van der Waals surface area contributed by atoms with Crippen LogP contribution in [-0.2, 0) is 17.8 Å². The van der Waals surface area contributed by atoms with Crippen molar-refractivity contribution in [3.8, 4) is 5.75 Å². The summed E-state index contributed by atoms with van der Waals surface area (Å²) in [6, 6.07) is 8.09. The van der Waals surface area contributed by atoms with Gasteiger partial charge in [-0.05, 0) is 31.4 Å². The van der Waals surface area contributed by atoms with E-state index in [0.717, 1.165) is 67.6 Å². The highest BCUT2D eigenvalue weighted by Crippen LogP contribution is 2.28. The van der Waals surface area contributed by atoms with Gasteiger partial charge in [-0.15, -0.1) is 11.3 Å². The number of piperazine rings is 1. The first-order valence-electron chi connectivity index (χ1n) is 9.32. The molecular formula is C20H25N3O2S. The molecule has 26 heavy (non-hydrogen) atoms. The Morgan fingerprint density at radius 2 is 2.08 bits per heavy atom. The van der Waals surface area contributed by atoms with E-state index < -0.39 is 0 Å². The Morgan fingerprint density at radius 1 is 1.27 bits per heavy atom. The second-order valence-electron chi connectivity index (χ2n) is 7.11. The predicted molar refractivity (Wildman–Crippen MR) is 102 cm³/mol. The van der Waals surface area contributed by atoms with Gasteiger partial charge in [-0.3, -0.25) is 9.69 Å². The molecule has 0 saturated carbocycles. The third-order valence-electron chi connectivity index (χ3n) is 5.25. The van der Waals surface area contributed by atoms with Gasteiger partial charge >= 0.3 is 0 Å². The summed E-state index contributed by atoms with van der Waals surface area (Å²) in [6.45, 7) is 7.00. The minimum absolute atomic E-state index is 0.0337. The molecule has 138 valence electrons. The SMILES string of the molecule is Cc1nc(CN2CCN(C(=O)[C@@H]3CCOc4ccccc4C3)CC2)cs1. The van der Waals surface area contributed by atoms with Crippen LogP contribution in [0.3, 0.4) is 0 Å². The molecule has 1 aromatic heterocycles. The van der Waals surface area contributed by atoms with Crippen LogP contribution >= 0.6 is 11.3 Å². The summed E-state index contributed by atoms with van der Waals surface area (Å²) in [7, 11) is 0. The molecule has 1 saturated heterocycles. The number of hydrogen-bond acceptors (Lipinski definition) is 5. The molecule has 1 amide bonds. The highest BCUT2D eigenvalue weighted by atomic mass is 32.1. The van der Waals surface area contributed by atoms with Crippen LogP contribution < -0.4 is 4.74 Å². The number of carbonyl (C=O) groups excluding carboxylic acids is 1. The zero-order valence-corrected chi connectivity index (χ0v) is 16.0. The molecule has 2 aromatic rings. The lowest BCUT2D eigenvalue weighted by molar-refractivity contribution is -0.137. The smallest absolute Gasteiger partial charge is 0.226 e. The lowest BCUT2D eigenvalue weighted by Crippen LogP contribution is -2.50. The summed E-state index contributed by atoms with van der Waals surface area (Å²) in [6.07, 6.45) is 1.58. The number of nitrogens with zero attached hydrogens (tertiary/aromatic N) is 3. The first kappa shape index (κ1) is 17.5. The zero-order chi connectivity index (χ0) is 17.9. The molecule has 3 heterocycles. The average Bonchev–Trinajstić information content (AvgIpc) is 2.94. The van der Waals surface area contributed by atoms with E-state index in [9.17, 15) is 4.79 Å². The van der Waals surface area contributed by atoms with Crippen LogP contribution in [0, 0.1) is 12.8 Å². The molecular weight excluding hydrogens is 346 g/mol. The predicted octanol–water partition coefficient (Wildman–Crippen LogP) is 2.74.